The Balaban J connectivity index is 2.94. The summed E-state index contributed by atoms with van der Waals surface area (Å²) in [6, 6.07) is 4.99. The molecule has 0 atom stereocenters. The average Bonchev–Trinajstić information content (AvgIpc) is 2.41. The quantitative estimate of drug-likeness (QED) is 0.737. The summed E-state index contributed by atoms with van der Waals surface area (Å²) in [5.41, 5.74) is 2.28. The molecule has 0 aliphatic carbocycles. The predicted molar refractivity (Wildman–Crippen MR) is 53.5 cm³/mol. The third-order valence-electron chi connectivity index (χ3n) is 2.71. The Hall–Kier alpha value is -1.35. The van der Waals surface area contributed by atoms with Crippen LogP contribution in [0.4, 0.5) is 4.39 Å². The van der Waals surface area contributed by atoms with E-state index in [1.165, 1.54) is 6.07 Å². The largest absolute Gasteiger partial charge is 0.390 e. The molecule has 74 valence electrons. The second-order valence-electron chi connectivity index (χ2n) is 3.42. The number of aliphatic hydroxyl groups excluding tert-OH is 1. The summed E-state index contributed by atoms with van der Waals surface area (Å²) in [5.74, 6) is -0.243. The van der Waals surface area contributed by atoms with Gasteiger partial charge in [-0.2, -0.15) is 0 Å². The highest BCUT2D eigenvalue weighted by molar-refractivity contribution is 5.85. The first-order valence-electron chi connectivity index (χ1n) is 4.50. The molecule has 0 unspecified atom stereocenters. The molecule has 0 saturated carbocycles. The van der Waals surface area contributed by atoms with Crippen molar-refractivity contribution in [2.24, 2.45) is 7.05 Å². The Bertz CT molecular complexity index is 487. The Kier molecular flexibility index (Phi) is 2.04. The lowest BCUT2D eigenvalue weighted by molar-refractivity contribution is 0.272. The van der Waals surface area contributed by atoms with Crippen LogP contribution < -0.4 is 0 Å². The van der Waals surface area contributed by atoms with E-state index < -0.39 is 0 Å². The zero-order chi connectivity index (χ0) is 10.3. The highest BCUT2D eigenvalue weighted by Crippen LogP contribution is 2.26. The van der Waals surface area contributed by atoms with Crippen molar-refractivity contribution in [3.8, 4) is 0 Å². The van der Waals surface area contributed by atoms with Crippen molar-refractivity contribution >= 4 is 10.9 Å². The summed E-state index contributed by atoms with van der Waals surface area (Å²) in [7, 11) is 1.77. The van der Waals surface area contributed by atoms with Crippen molar-refractivity contribution in [3.05, 3.63) is 35.3 Å². The fourth-order valence-electron chi connectivity index (χ4n) is 1.93. The maximum atomic E-state index is 13.5. The molecule has 0 bridgehead atoms. The predicted octanol–water partition coefficient (Wildman–Crippen LogP) is 2.12. The van der Waals surface area contributed by atoms with Crippen LogP contribution in [0.5, 0.6) is 0 Å². The number of aliphatic hydroxyl groups is 1. The molecule has 0 fully saturated rings. The second kappa shape index (κ2) is 3.10. The Morgan fingerprint density at radius 2 is 2.14 bits per heavy atom. The van der Waals surface area contributed by atoms with E-state index in [-0.39, 0.29) is 12.4 Å². The van der Waals surface area contributed by atoms with Crippen LogP contribution in [-0.2, 0) is 13.7 Å². The van der Waals surface area contributed by atoms with E-state index in [0.29, 0.717) is 5.52 Å². The van der Waals surface area contributed by atoms with E-state index >= 15 is 0 Å². The van der Waals surface area contributed by atoms with Crippen LogP contribution in [0.2, 0.25) is 0 Å². The molecule has 0 amide bonds. The number of halogens is 1. The number of nitrogens with zero attached hydrogens (tertiary/aromatic N) is 1. The van der Waals surface area contributed by atoms with Gasteiger partial charge in [0.15, 0.2) is 0 Å². The summed E-state index contributed by atoms with van der Waals surface area (Å²) in [6.45, 7) is 1.84. The van der Waals surface area contributed by atoms with Gasteiger partial charge in [0.1, 0.15) is 5.82 Å². The van der Waals surface area contributed by atoms with Crippen LogP contribution in [0, 0.1) is 12.7 Å². The molecule has 0 aliphatic heterocycles. The molecule has 0 radical (unpaired) electrons. The number of benzene rings is 1. The lowest BCUT2D eigenvalue weighted by atomic mass is 10.1. The molecule has 2 nitrogen and oxygen atoms in total. The molecule has 1 N–H and O–H groups in total. The van der Waals surface area contributed by atoms with Gasteiger partial charge in [0.2, 0.25) is 0 Å². The number of rotatable bonds is 1. The SMILES string of the molecule is Cc1c(CO)n(C)c2c(F)cccc12. The van der Waals surface area contributed by atoms with E-state index in [2.05, 4.69) is 0 Å². The van der Waals surface area contributed by atoms with Crippen LogP contribution in [-0.4, -0.2) is 9.67 Å². The summed E-state index contributed by atoms with van der Waals surface area (Å²) in [5, 5.41) is 10.0. The second-order valence-corrected chi connectivity index (χ2v) is 3.42. The maximum absolute atomic E-state index is 13.5. The van der Waals surface area contributed by atoms with E-state index in [1.807, 2.05) is 13.0 Å². The van der Waals surface area contributed by atoms with Gasteiger partial charge in [-0.15, -0.1) is 0 Å². The minimum Gasteiger partial charge on any atom is -0.390 e. The standard InChI is InChI=1S/C11H12FNO/c1-7-8-4-3-5-9(12)11(8)13(2)10(7)6-14/h3-5,14H,6H2,1-2H3. The van der Waals surface area contributed by atoms with Crippen LogP contribution >= 0.6 is 0 Å². The van der Waals surface area contributed by atoms with Crippen molar-refractivity contribution in [2.75, 3.05) is 0 Å². The summed E-state index contributed by atoms with van der Waals surface area (Å²) >= 11 is 0. The lowest BCUT2D eigenvalue weighted by Gasteiger charge is -2.01. The zero-order valence-corrected chi connectivity index (χ0v) is 8.21. The van der Waals surface area contributed by atoms with Crippen molar-refractivity contribution in [1.29, 1.82) is 0 Å². The van der Waals surface area contributed by atoms with Crippen LogP contribution in [0.1, 0.15) is 11.3 Å². The molecule has 0 spiro atoms. The van der Waals surface area contributed by atoms with Crippen molar-refractivity contribution < 1.29 is 9.50 Å². The van der Waals surface area contributed by atoms with E-state index in [1.54, 1.807) is 17.7 Å². The van der Waals surface area contributed by atoms with E-state index in [4.69, 9.17) is 5.11 Å². The number of hydrogen-bond donors (Lipinski definition) is 1. The molecule has 14 heavy (non-hydrogen) atoms. The smallest absolute Gasteiger partial charge is 0.147 e. The molecule has 0 saturated heterocycles. The highest BCUT2D eigenvalue weighted by Gasteiger charge is 2.13. The average molecular weight is 193 g/mol. The zero-order valence-electron chi connectivity index (χ0n) is 8.21. The Labute approximate surface area is 81.6 Å². The van der Waals surface area contributed by atoms with Gasteiger partial charge in [-0.1, -0.05) is 12.1 Å². The lowest BCUT2D eigenvalue weighted by Crippen LogP contribution is -1.97. The fourth-order valence-corrected chi connectivity index (χ4v) is 1.93. The third kappa shape index (κ3) is 1.06. The van der Waals surface area contributed by atoms with E-state index in [0.717, 1.165) is 16.6 Å². The number of aromatic nitrogens is 1. The first kappa shape index (κ1) is 9.21. The van der Waals surface area contributed by atoms with Gasteiger partial charge >= 0.3 is 0 Å². The van der Waals surface area contributed by atoms with Gasteiger partial charge in [0.25, 0.3) is 0 Å². The first-order valence-corrected chi connectivity index (χ1v) is 4.50. The molecule has 3 heteroatoms. The number of fused-ring (bicyclic) bond motifs is 1. The van der Waals surface area contributed by atoms with Gasteiger partial charge < -0.3 is 9.67 Å². The van der Waals surface area contributed by atoms with Crippen molar-refractivity contribution in [1.82, 2.24) is 4.57 Å². The minimum atomic E-state index is -0.243. The Morgan fingerprint density at radius 3 is 2.71 bits per heavy atom. The molecule has 1 heterocycles. The minimum absolute atomic E-state index is 0.0591. The van der Waals surface area contributed by atoms with Gasteiger partial charge in [-0.05, 0) is 18.6 Å². The van der Waals surface area contributed by atoms with Gasteiger partial charge in [-0.25, -0.2) is 4.39 Å². The van der Waals surface area contributed by atoms with Crippen molar-refractivity contribution in [3.63, 3.8) is 0 Å². The van der Waals surface area contributed by atoms with Crippen LogP contribution in [0.3, 0.4) is 0 Å². The number of aryl methyl sites for hydroxylation is 2. The fraction of sp³-hybridized carbons (Fsp3) is 0.273. The molecular formula is C11H12FNO. The number of hydrogen-bond acceptors (Lipinski definition) is 1. The van der Waals surface area contributed by atoms with Gasteiger partial charge in [0.05, 0.1) is 12.1 Å². The Morgan fingerprint density at radius 1 is 1.43 bits per heavy atom. The normalized spacial score (nSPS) is 11.1. The van der Waals surface area contributed by atoms with Gasteiger partial charge in [-0.3, -0.25) is 0 Å². The molecule has 2 rings (SSSR count). The maximum Gasteiger partial charge on any atom is 0.147 e. The molecule has 1 aromatic heterocycles. The number of para-hydroxylation sites is 1. The molecular weight excluding hydrogens is 181 g/mol. The van der Waals surface area contributed by atoms with E-state index in [9.17, 15) is 4.39 Å². The molecule has 1 aromatic carbocycles. The summed E-state index contributed by atoms with van der Waals surface area (Å²) < 4.78 is 15.2. The summed E-state index contributed by atoms with van der Waals surface area (Å²) in [4.78, 5) is 0. The van der Waals surface area contributed by atoms with Crippen LogP contribution in [0.25, 0.3) is 10.9 Å². The van der Waals surface area contributed by atoms with Crippen LogP contribution in [0.15, 0.2) is 18.2 Å². The topological polar surface area (TPSA) is 25.2 Å². The van der Waals surface area contributed by atoms with Gasteiger partial charge in [0, 0.05) is 18.1 Å². The molecule has 2 aromatic rings. The first-order chi connectivity index (χ1) is 6.66. The molecule has 0 aliphatic rings. The van der Waals surface area contributed by atoms with Crippen molar-refractivity contribution in [2.45, 2.75) is 13.5 Å². The monoisotopic (exact) mass is 193 g/mol. The summed E-state index contributed by atoms with van der Waals surface area (Å²) in [6.07, 6.45) is 0. The highest BCUT2D eigenvalue weighted by atomic mass is 19.1. The third-order valence-corrected chi connectivity index (χ3v) is 2.71.